The molecule has 2 aromatic rings. The predicted octanol–water partition coefficient (Wildman–Crippen LogP) is 3.52. The van der Waals surface area contributed by atoms with Crippen molar-refractivity contribution in [3.63, 3.8) is 0 Å². The van der Waals surface area contributed by atoms with E-state index in [2.05, 4.69) is 34.5 Å². The van der Waals surface area contributed by atoms with Crippen molar-refractivity contribution in [1.29, 1.82) is 0 Å². The molecule has 0 saturated heterocycles. The Balaban J connectivity index is 1.45. The van der Waals surface area contributed by atoms with E-state index in [4.69, 9.17) is 4.74 Å². The maximum atomic E-state index is 12.3. The predicted molar refractivity (Wildman–Crippen MR) is 114 cm³/mol. The van der Waals surface area contributed by atoms with E-state index in [-0.39, 0.29) is 17.9 Å². The Hall–Kier alpha value is -2.34. The Kier molecular flexibility index (Phi) is 7.69. The van der Waals surface area contributed by atoms with Crippen LogP contribution in [0.25, 0.3) is 0 Å². The van der Waals surface area contributed by atoms with Crippen molar-refractivity contribution in [1.82, 2.24) is 20.0 Å². The second-order valence-corrected chi connectivity index (χ2v) is 8.35. The largest absolute Gasteiger partial charge is 0.489 e. The molecule has 1 saturated carbocycles. The molecule has 1 atom stereocenters. The highest BCUT2D eigenvalue weighted by Gasteiger charge is 2.21. The second kappa shape index (κ2) is 10.4. The van der Waals surface area contributed by atoms with Gasteiger partial charge >= 0.3 is 0 Å². The zero-order chi connectivity index (χ0) is 20.6. The lowest BCUT2D eigenvalue weighted by Gasteiger charge is -2.22. The number of nitrogens with one attached hydrogen (secondary N) is 1. The van der Waals surface area contributed by atoms with Gasteiger partial charge in [-0.1, -0.05) is 31.4 Å². The highest BCUT2D eigenvalue weighted by atomic mass is 16.5. The summed E-state index contributed by atoms with van der Waals surface area (Å²) in [5.41, 5.74) is 2.40. The molecule has 0 aliphatic heterocycles. The topological polar surface area (TPSA) is 59.4 Å². The summed E-state index contributed by atoms with van der Waals surface area (Å²) in [5.74, 6) is 1.22. The smallest absolute Gasteiger partial charge is 0.223 e. The normalized spacial score (nSPS) is 16.0. The summed E-state index contributed by atoms with van der Waals surface area (Å²) < 4.78 is 7.87. The van der Waals surface area contributed by atoms with E-state index in [1.165, 1.54) is 30.4 Å². The zero-order valence-electron chi connectivity index (χ0n) is 17.9. The number of ether oxygens (including phenoxy) is 1. The molecule has 1 aliphatic rings. The standard InChI is InChI=1S/C23H34N4O2/c1-18(13-24-23(28)21-9-5-4-6-10-21)29-22-11-7-8-19(12-22)15-26(2)16-20-14-25-27(3)17-20/h7-8,11-12,14,17-18,21H,4-6,9-10,13,15-16H2,1-3H3,(H,24,28)/t18-/m0/s1. The van der Waals surface area contributed by atoms with Crippen LogP contribution < -0.4 is 10.1 Å². The fraction of sp³-hybridized carbons (Fsp3) is 0.565. The summed E-state index contributed by atoms with van der Waals surface area (Å²) in [6.45, 7) is 4.23. The van der Waals surface area contributed by atoms with Crippen LogP contribution in [0.15, 0.2) is 36.7 Å². The van der Waals surface area contributed by atoms with Crippen LogP contribution in [0.2, 0.25) is 0 Å². The van der Waals surface area contributed by atoms with E-state index in [1.807, 2.05) is 43.2 Å². The maximum Gasteiger partial charge on any atom is 0.223 e. The fourth-order valence-corrected chi connectivity index (χ4v) is 3.98. The molecule has 1 heterocycles. The molecule has 1 aromatic heterocycles. The van der Waals surface area contributed by atoms with Crippen molar-refractivity contribution in [2.24, 2.45) is 13.0 Å². The van der Waals surface area contributed by atoms with E-state index >= 15 is 0 Å². The number of rotatable bonds is 9. The van der Waals surface area contributed by atoms with Gasteiger partial charge in [-0.05, 0) is 44.5 Å². The van der Waals surface area contributed by atoms with Gasteiger partial charge in [0.25, 0.3) is 0 Å². The number of amides is 1. The molecule has 1 N–H and O–H groups in total. The van der Waals surface area contributed by atoms with Crippen LogP contribution in [0, 0.1) is 5.92 Å². The molecule has 0 unspecified atom stereocenters. The van der Waals surface area contributed by atoms with Crippen LogP contribution in [0.5, 0.6) is 5.75 Å². The van der Waals surface area contributed by atoms with Crippen LogP contribution >= 0.6 is 0 Å². The molecule has 1 aliphatic carbocycles. The van der Waals surface area contributed by atoms with Gasteiger partial charge in [0.15, 0.2) is 0 Å². The molecule has 1 aromatic carbocycles. The quantitative estimate of drug-likeness (QED) is 0.702. The SMILES string of the molecule is C[C@@H](CNC(=O)C1CCCCC1)Oc1cccc(CN(C)Cc2cnn(C)c2)c1. The molecule has 3 rings (SSSR count). The summed E-state index contributed by atoms with van der Waals surface area (Å²) in [6.07, 6.45) is 9.53. The number of aryl methyl sites for hydroxylation is 1. The van der Waals surface area contributed by atoms with Crippen LogP contribution in [0.4, 0.5) is 0 Å². The van der Waals surface area contributed by atoms with Gasteiger partial charge in [0, 0.05) is 37.8 Å². The van der Waals surface area contributed by atoms with Crippen molar-refractivity contribution >= 4 is 5.91 Å². The van der Waals surface area contributed by atoms with Gasteiger partial charge in [-0.2, -0.15) is 5.10 Å². The minimum atomic E-state index is -0.0640. The Bertz CT molecular complexity index is 783. The average Bonchev–Trinajstić information content (AvgIpc) is 3.11. The van der Waals surface area contributed by atoms with Crippen molar-refractivity contribution in [2.45, 2.75) is 58.2 Å². The van der Waals surface area contributed by atoms with Crippen LogP contribution in [0.3, 0.4) is 0 Å². The Morgan fingerprint density at radius 2 is 2.03 bits per heavy atom. The number of hydrogen-bond donors (Lipinski definition) is 1. The molecule has 0 radical (unpaired) electrons. The van der Waals surface area contributed by atoms with Gasteiger partial charge in [0.1, 0.15) is 11.9 Å². The maximum absolute atomic E-state index is 12.3. The summed E-state index contributed by atoms with van der Waals surface area (Å²) in [6, 6.07) is 8.20. The van der Waals surface area contributed by atoms with Crippen LogP contribution in [0.1, 0.15) is 50.2 Å². The summed E-state index contributed by atoms with van der Waals surface area (Å²) in [7, 11) is 4.03. The van der Waals surface area contributed by atoms with Crippen molar-refractivity contribution < 1.29 is 9.53 Å². The molecule has 0 spiro atoms. The third-order valence-electron chi connectivity index (χ3n) is 5.44. The van der Waals surface area contributed by atoms with E-state index < -0.39 is 0 Å². The number of carbonyl (C=O) groups is 1. The van der Waals surface area contributed by atoms with E-state index in [9.17, 15) is 4.79 Å². The zero-order valence-corrected chi connectivity index (χ0v) is 17.9. The molecule has 1 fully saturated rings. The third-order valence-corrected chi connectivity index (χ3v) is 5.44. The molecule has 6 nitrogen and oxygen atoms in total. The van der Waals surface area contributed by atoms with Crippen LogP contribution in [-0.4, -0.2) is 40.3 Å². The first-order valence-corrected chi connectivity index (χ1v) is 10.7. The number of aromatic nitrogens is 2. The number of benzene rings is 1. The average molecular weight is 399 g/mol. The molecule has 0 bridgehead atoms. The Morgan fingerprint density at radius 3 is 2.76 bits per heavy atom. The molecule has 158 valence electrons. The van der Waals surface area contributed by atoms with Gasteiger partial charge in [-0.25, -0.2) is 0 Å². The number of carbonyl (C=O) groups excluding carboxylic acids is 1. The molecular formula is C23H34N4O2. The van der Waals surface area contributed by atoms with Gasteiger partial charge in [0.2, 0.25) is 5.91 Å². The second-order valence-electron chi connectivity index (χ2n) is 8.35. The Labute approximate surface area is 174 Å². The first kappa shape index (κ1) is 21.4. The third kappa shape index (κ3) is 6.89. The lowest BCUT2D eigenvalue weighted by molar-refractivity contribution is -0.126. The summed E-state index contributed by atoms with van der Waals surface area (Å²) >= 11 is 0. The number of hydrogen-bond acceptors (Lipinski definition) is 4. The van der Waals surface area contributed by atoms with E-state index in [1.54, 1.807) is 0 Å². The first-order chi connectivity index (χ1) is 14.0. The van der Waals surface area contributed by atoms with Gasteiger partial charge in [0.05, 0.1) is 12.7 Å². The van der Waals surface area contributed by atoms with Gasteiger partial charge in [-0.3, -0.25) is 14.4 Å². The highest BCUT2D eigenvalue weighted by molar-refractivity contribution is 5.78. The lowest BCUT2D eigenvalue weighted by atomic mass is 9.89. The van der Waals surface area contributed by atoms with Gasteiger partial charge in [-0.15, -0.1) is 0 Å². The lowest BCUT2D eigenvalue weighted by Crippen LogP contribution is -2.38. The summed E-state index contributed by atoms with van der Waals surface area (Å²) in [5, 5.41) is 7.29. The molecule has 1 amide bonds. The minimum Gasteiger partial charge on any atom is -0.489 e. The van der Waals surface area contributed by atoms with E-state index in [0.29, 0.717) is 6.54 Å². The monoisotopic (exact) mass is 398 g/mol. The minimum absolute atomic E-state index is 0.0640. The van der Waals surface area contributed by atoms with Crippen LogP contribution in [-0.2, 0) is 24.9 Å². The summed E-state index contributed by atoms with van der Waals surface area (Å²) in [4.78, 5) is 14.6. The Morgan fingerprint density at radius 1 is 1.28 bits per heavy atom. The fourth-order valence-electron chi connectivity index (χ4n) is 3.98. The van der Waals surface area contributed by atoms with Crippen molar-refractivity contribution in [2.75, 3.05) is 13.6 Å². The first-order valence-electron chi connectivity index (χ1n) is 10.7. The molecule has 29 heavy (non-hydrogen) atoms. The van der Waals surface area contributed by atoms with Crippen molar-refractivity contribution in [3.8, 4) is 5.75 Å². The highest BCUT2D eigenvalue weighted by Crippen LogP contribution is 2.23. The molecular weight excluding hydrogens is 364 g/mol. The van der Waals surface area contributed by atoms with Gasteiger partial charge < -0.3 is 10.1 Å². The van der Waals surface area contributed by atoms with Crippen molar-refractivity contribution in [3.05, 3.63) is 47.8 Å². The molecule has 6 heteroatoms. The number of nitrogens with zero attached hydrogens (tertiary/aromatic N) is 3. The van der Waals surface area contributed by atoms with E-state index in [0.717, 1.165) is 31.7 Å².